The summed E-state index contributed by atoms with van der Waals surface area (Å²) in [6.07, 6.45) is 0. The van der Waals surface area contributed by atoms with Gasteiger partial charge in [0.1, 0.15) is 22.1 Å². The quantitative estimate of drug-likeness (QED) is 0.769. The van der Waals surface area contributed by atoms with E-state index in [4.69, 9.17) is 4.74 Å². The Morgan fingerprint density at radius 1 is 1.08 bits per heavy atom. The van der Waals surface area contributed by atoms with Crippen molar-refractivity contribution in [2.24, 2.45) is 0 Å². The first-order valence-corrected chi connectivity index (χ1v) is 9.04. The second-order valence-electron chi connectivity index (χ2n) is 6.80. The summed E-state index contributed by atoms with van der Waals surface area (Å²) in [7, 11) is 0. The summed E-state index contributed by atoms with van der Waals surface area (Å²) in [6, 6.07) is 12.2. The van der Waals surface area contributed by atoms with Gasteiger partial charge in [0, 0.05) is 11.4 Å². The van der Waals surface area contributed by atoms with Gasteiger partial charge in [-0.2, -0.15) is 0 Å². The van der Waals surface area contributed by atoms with Gasteiger partial charge in [0.15, 0.2) is 0 Å². The molecule has 0 aliphatic rings. The molecule has 2 aromatic carbocycles. The Hall–Kier alpha value is -1.56. The van der Waals surface area contributed by atoms with Crippen LogP contribution in [0.5, 0.6) is 11.5 Å². The molecule has 0 aliphatic carbocycles. The van der Waals surface area contributed by atoms with Gasteiger partial charge in [0.05, 0.1) is 6.04 Å². The van der Waals surface area contributed by atoms with E-state index in [9.17, 15) is 8.94 Å². The summed E-state index contributed by atoms with van der Waals surface area (Å²) < 4.78 is 34.0. The topological polar surface area (TPSA) is 44.3 Å². The first-order valence-electron chi connectivity index (χ1n) is 7.89. The highest BCUT2D eigenvalue weighted by atomic mass is 32.2. The third kappa shape index (κ3) is 4.97. The highest BCUT2D eigenvalue weighted by Gasteiger charge is 2.28. The van der Waals surface area contributed by atoms with Gasteiger partial charge >= 0.3 is 0 Å². The molecule has 0 aromatic heterocycles. The van der Waals surface area contributed by atoms with Gasteiger partial charge in [0.2, 0.25) is 0 Å². The van der Waals surface area contributed by atoms with Crippen LogP contribution in [0.4, 0.5) is 4.39 Å². The molecule has 2 atom stereocenters. The fourth-order valence-electron chi connectivity index (χ4n) is 2.05. The van der Waals surface area contributed by atoms with Gasteiger partial charge in [-0.15, -0.1) is 4.72 Å². The first kappa shape index (κ1) is 18.8. The largest absolute Gasteiger partial charge is 0.598 e. The SMILES string of the molecule is Cc1cc(Oc2ccc(C(C)N[S+]([O-])C(C)(C)C)cc2)ccc1F. The molecule has 2 aromatic rings. The van der Waals surface area contributed by atoms with Crippen LogP contribution in [0.15, 0.2) is 42.5 Å². The van der Waals surface area contributed by atoms with Crippen molar-refractivity contribution in [3.63, 3.8) is 0 Å². The average molecular weight is 349 g/mol. The van der Waals surface area contributed by atoms with E-state index in [0.29, 0.717) is 17.1 Å². The minimum atomic E-state index is -1.13. The zero-order valence-corrected chi connectivity index (χ0v) is 15.5. The molecule has 24 heavy (non-hydrogen) atoms. The minimum absolute atomic E-state index is 0.0350. The fraction of sp³-hybridized carbons (Fsp3) is 0.368. The summed E-state index contributed by atoms with van der Waals surface area (Å²) in [6.45, 7) is 9.48. The van der Waals surface area contributed by atoms with E-state index in [2.05, 4.69) is 4.72 Å². The van der Waals surface area contributed by atoms with Crippen molar-refractivity contribution in [1.29, 1.82) is 0 Å². The van der Waals surface area contributed by atoms with Crippen LogP contribution in [0.25, 0.3) is 0 Å². The van der Waals surface area contributed by atoms with Crippen LogP contribution in [0.1, 0.15) is 44.9 Å². The van der Waals surface area contributed by atoms with Crippen LogP contribution in [0, 0.1) is 12.7 Å². The van der Waals surface area contributed by atoms with Crippen molar-refractivity contribution in [3.05, 3.63) is 59.4 Å². The molecule has 0 bridgehead atoms. The third-order valence-electron chi connectivity index (χ3n) is 3.59. The van der Waals surface area contributed by atoms with Crippen molar-refractivity contribution in [3.8, 4) is 11.5 Å². The minimum Gasteiger partial charge on any atom is -0.598 e. The summed E-state index contributed by atoms with van der Waals surface area (Å²) in [5, 5.41) is 0. The Bertz CT molecular complexity index is 683. The number of ether oxygens (including phenoxy) is 1. The number of halogens is 1. The number of rotatable bonds is 5. The Kier molecular flexibility index (Phi) is 5.91. The van der Waals surface area contributed by atoms with Gasteiger partial charge in [-0.3, -0.25) is 0 Å². The van der Waals surface area contributed by atoms with E-state index in [0.717, 1.165) is 5.56 Å². The molecule has 0 radical (unpaired) electrons. The Balaban J connectivity index is 2.03. The zero-order valence-electron chi connectivity index (χ0n) is 14.7. The van der Waals surface area contributed by atoms with Crippen molar-refractivity contribution in [2.45, 2.75) is 45.4 Å². The molecule has 0 saturated carbocycles. The molecule has 0 aliphatic heterocycles. The van der Waals surface area contributed by atoms with E-state index >= 15 is 0 Å². The molecule has 0 amide bonds. The molecule has 2 rings (SSSR count). The maximum absolute atomic E-state index is 13.3. The highest BCUT2D eigenvalue weighted by molar-refractivity contribution is 7.90. The smallest absolute Gasteiger partial charge is 0.136 e. The fourth-order valence-corrected chi connectivity index (χ4v) is 2.86. The maximum atomic E-state index is 13.3. The van der Waals surface area contributed by atoms with Crippen LogP contribution in [-0.4, -0.2) is 9.30 Å². The van der Waals surface area contributed by atoms with Gasteiger partial charge in [-0.05, 0) is 76.1 Å². The predicted octanol–water partition coefficient (Wildman–Crippen LogP) is 5.04. The molecule has 5 heteroatoms. The monoisotopic (exact) mass is 349 g/mol. The molecule has 0 heterocycles. The lowest BCUT2D eigenvalue weighted by atomic mass is 10.1. The van der Waals surface area contributed by atoms with Crippen molar-refractivity contribution >= 4 is 11.4 Å². The molecule has 0 fully saturated rings. The van der Waals surface area contributed by atoms with Crippen LogP contribution >= 0.6 is 0 Å². The van der Waals surface area contributed by atoms with E-state index < -0.39 is 11.4 Å². The van der Waals surface area contributed by atoms with Crippen molar-refractivity contribution in [1.82, 2.24) is 4.72 Å². The number of aryl methyl sites for hydroxylation is 1. The molecule has 130 valence electrons. The van der Waals surface area contributed by atoms with Crippen LogP contribution < -0.4 is 9.46 Å². The zero-order chi connectivity index (χ0) is 17.9. The lowest BCUT2D eigenvalue weighted by Crippen LogP contribution is -2.40. The molecule has 0 spiro atoms. The Morgan fingerprint density at radius 3 is 2.21 bits per heavy atom. The number of benzene rings is 2. The average Bonchev–Trinajstić information content (AvgIpc) is 2.50. The molecule has 1 N–H and O–H groups in total. The summed E-state index contributed by atoms with van der Waals surface area (Å²) >= 11 is -1.13. The highest BCUT2D eigenvalue weighted by Crippen LogP contribution is 2.26. The van der Waals surface area contributed by atoms with Crippen LogP contribution in [0.3, 0.4) is 0 Å². The second-order valence-corrected chi connectivity index (χ2v) is 8.80. The number of hydrogen-bond donors (Lipinski definition) is 1. The van der Waals surface area contributed by atoms with Gasteiger partial charge in [0.25, 0.3) is 0 Å². The van der Waals surface area contributed by atoms with E-state index in [1.165, 1.54) is 6.07 Å². The lowest BCUT2D eigenvalue weighted by molar-refractivity contribution is 0.479. The molecule has 0 saturated heterocycles. The number of hydrogen-bond acceptors (Lipinski definition) is 3. The van der Waals surface area contributed by atoms with Gasteiger partial charge < -0.3 is 9.29 Å². The Labute approximate surface area is 146 Å². The van der Waals surface area contributed by atoms with Crippen molar-refractivity contribution in [2.75, 3.05) is 0 Å². The predicted molar refractivity (Wildman–Crippen MR) is 97.1 cm³/mol. The summed E-state index contributed by atoms with van der Waals surface area (Å²) in [4.78, 5) is 0. The summed E-state index contributed by atoms with van der Waals surface area (Å²) in [5.41, 5.74) is 1.57. The number of nitrogens with one attached hydrogen (secondary N) is 1. The molecular weight excluding hydrogens is 325 g/mol. The Morgan fingerprint density at radius 2 is 1.67 bits per heavy atom. The molecular formula is C19H24FNO2S. The van der Waals surface area contributed by atoms with Gasteiger partial charge in [-0.1, -0.05) is 12.1 Å². The lowest BCUT2D eigenvalue weighted by Gasteiger charge is -2.26. The molecule has 2 unspecified atom stereocenters. The van der Waals surface area contributed by atoms with E-state index in [1.807, 2.05) is 52.0 Å². The molecule has 3 nitrogen and oxygen atoms in total. The first-order chi connectivity index (χ1) is 11.2. The second kappa shape index (κ2) is 7.55. The third-order valence-corrected chi connectivity index (χ3v) is 5.27. The van der Waals surface area contributed by atoms with Crippen LogP contribution in [-0.2, 0) is 11.4 Å². The van der Waals surface area contributed by atoms with E-state index in [-0.39, 0.29) is 16.6 Å². The van der Waals surface area contributed by atoms with Crippen LogP contribution in [0.2, 0.25) is 0 Å². The van der Waals surface area contributed by atoms with Gasteiger partial charge in [-0.25, -0.2) is 4.39 Å². The normalized spacial score (nSPS) is 14.3. The van der Waals surface area contributed by atoms with Crippen molar-refractivity contribution < 1.29 is 13.7 Å². The van der Waals surface area contributed by atoms with E-state index in [1.54, 1.807) is 19.1 Å². The standard InChI is InChI=1S/C19H24FNO2S/c1-13-12-17(10-11-18(13)20)23-16-8-6-15(7-9-16)14(2)21-24(22)19(3,4)5/h6-12,14,21H,1-5H3. The maximum Gasteiger partial charge on any atom is 0.136 e. The summed E-state index contributed by atoms with van der Waals surface area (Å²) in [5.74, 6) is 1.03.